The molecule has 0 N–H and O–H groups in total. The molecule has 0 saturated carbocycles. The summed E-state index contributed by atoms with van der Waals surface area (Å²) in [6.45, 7) is 0.456. The van der Waals surface area contributed by atoms with Gasteiger partial charge < -0.3 is 18.9 Å². The summed E-state index contributed by atoms with van der Waals surface area (Å²) in [7, 11) is 4.88. The van der Waals surface area contributed by atoms with Gasteiger partial charge in [0.25, 0.3) is 0 Å². The van der Waals surface area contributed by atoms with Crippen LogP contribution in [0.4, 0.5) is 0 Å². The number of epoxide rings is 1. The third kappa shape index (κ3) is 1.11. The Labute approximate surface area is 83.1 Å². The zero-order valence-electron chi connectivity index (χ0n) is 8.57. The molecule has 1 saturated heterocycles. The smallest absolute Gasteiger partial charge is 0.225 e. The molecular weight excluding hydrogens is 184 g/mol. The van der Waals surface area contributed by atoms with E-state index in [-0.39, 0.29) is 0 Å². The Kier molecular flexibility index (Phi) is 2.14. The molecule has 2 rings (SSSR count). The Hall–Kier alpha value is -0.840. The van der Waals surface area contributed by atoms with E-state index in [0.29, 0.717) is 6.61 Å². The Morgan fingerprint density at radius 1 is 1.36 bits per heavy atom. The van der Waals surface area contributed by atoms with Crippen LogP contribution in [-0.2, 0) is 18.9 Å². The number of hydrogen-bond donors (Lipinski definition) is 0. The molecule has 4 nitrogen and oxygen atoms in total. The predicted octanol–water partition coefficient (Wildman–Crippen LogP) is 0.845. The molecule has 2 unspecified atom stereocenters. The predicted molar refractivity (Wildman–Crippen MR) is 49.7 cm³/mol. The maximum atomic E-state index is 5.58. The minimum Gasteiger partial charge on any atom is -0.497 e. The highest BCUT2D eigenvalue weighted by Gasteiger charge is 2.70. The van der Waals surface area contributed by atoms with Gasteiger partial charge in [0.1, 0.15) is 5.76 Å². The molecule has 0 aromatic carbocycles. The van der Waals surface area contributed by atoms with Crippen molar-refractivity contribution in [3.05, 3.63) is 24.0 Å². The second kappa shape index (κ2) is 3.08. The molecule has 14 heavy (non-hydrogen) atoms. The summed E-state index contributed by atoms with van der Waals surface area (Å²) in [4.78, 5) is 0. The van der Waals surface area contributed by atoms with Crippen LogP contribution in [0.25, 0.3) is 0 Å². The molecule has 1 fully saturated rings. The molecule has 0 spiro atoms. The van der Waals surface area contributed by atoms with Gasteiger partial charge in [-0.05, 0) is 18.2 Å². The first-order valence-corrected chi connectivity index (χ1v) is 4.42. The van der Waals surface area contributed by atoms with Crippen LogP contribution < -0.4 is 0 Å². The first-order valence-electron chi connectivity index (χ1n) is 4.42. The number of fused-ring (bicyclic) bond motifs is 1. The molecular formula is C10H14O4. The van der Waals surface area contributed by atoms with Gasteiger partial charge >= 0.3 is 0 Å². The second-order valence-electron chi connectivity index (χ2n) is 3.38. The van der Waals surface area contributed by atoms with Crippen LogP contribution >= 0.6 is 0 Å². The van der Waals surface area contributed by atoms with E-state index >= 15 is 0 Å². The maximum Gasteiger partial charge on any atom is 0.225 e. The van der Waals surface area contributed by atoms with E-state index in [1.54, 1.807) is 21.3 Å². The third-order valence-corrected chi connectivity index (χ3v) is 2.62. The molecule has 0 aromatic rings. The molecule has 0 radical (unpaired) electrons. The van der Waals surface area contributed by atoms with Crippen molar-refractivity contribution in [2.45, 2.75) is 11.4 Å². The fourth-order valence-corrected chi connectivity index (χ4v) is 1.82. The summed E-state index contributed by atoms with van der Waals surface area (Å²) in [6.07, 6.45) is 5.58. The summed E-state index contributed by atoms with van der Waals surface area (Å²) in [5, 5.41) is 0. The third-order valence-electron chi connectivity index (χ3n) is 2.62. The fraction of sp³-hybridized carbons (Fsp3) is 0.600. The Morgan fingerprint density at radius 2 is 2.14 bits per heavy atom. The molecule has 1 heterocycles. The molecule has 1 aliphatic carbocycles. The van der Waals surface area contributed by atoms with E-state index in [1.165, 1.54) is 0 Å². The number of hydrogen-bond acceptors (Lipinski definition) is 4. The van der Waals surface area contributed by atoms with Crippen molar-refractivity contribution in [1.29, 1.82) is 0 Å². The monoisotopic (exact) mass is 198 g/mol. The standard InChI is InChI=1S/C10H14O4/c1-11-7-9-6-8(12-2)4-5-10(9,13-3)14-9/h4-6H,7H2,1-3H3. The molecule has 4 heteroatoms. The van der Waals surface area contributed by atoms with Gasteiger partial charge in [-0.3, -0.25) is 0 Å². The van der Waals surface area contributed by atoms with Crippen LogP contribution in [0.2, 0.25) is 0 Å². The zero-order valence-corrected chi connectivity index (χ0v) is 8.57. The van der Waals surface area contributed by atoms with E-state index in [1.807, 2.05) is 18.2 Å². The average Bonchev–Trinajstić information content (AvgIpc) is 2.86. The van der Waals surface area contributed by atoms with Gasteiger partial charge in [0, 0.05) is 14.2 Å². The Morgan fingerprint density at radius 3 is 2.71 bits per heavy atom. The highest BCUT2D eigenvalue weighted by atomic mass is 16.8. The minimum atomic E-state index is -0.648. The number of ether oxygens (including phenoxy) is 4. The summed E-state index contributed by atoms with van der Waals surface area (Å²) in [5.74, 6) is 0.123. The lowest BCUT2D eigenvalue weighted by molar-refractivity contribution is 0.0290. The van der Waals surface area contributed by atoms with E-state index < -0.39 is 11.4 Å². The zero-order chi connectivity index (χ0) is 10.2. The Balaban J connectivity index is 2.24. The van der Waals surface area contributed by atoms with Crippen LogP contribution in [0.1, 0.15) is 0 Å². The van der Waals surface area contributed by atoms with Gasteiger partial charge in [0.2, 0.25) is 5.79 Å². The first-order chi connectivity index (χ1) is 6.72. The van der Waals surface area contributed by atoms with Crippen molar-refractivity contribution in [3.63, 3.8) is 0 Å². The van der Waals surface area contributed by atoms with Crippen LogP contribution in [0.5, 0.6) is 0 Å². The number of allylic oxidation sites excluding steroid dienone is 1. The number of rotatable bonds is 4. The number of methoxy groups -OCH3 is 3. The second-order valence-corrected chi connectivity index (χ2v) is 3.38. The largest absolute Gasteiger partial charge is 0.497 e. The van der Waals surface area contributed by atoms with Crippen molar-refractivity contribution in [2.24, 2.45) is 0 Å². The molecule has 2 aliphatic rings. The molecule has 2 atom stereocenters. The molecule has 0 aromatic heterocycles. The topological polar surface area (TPSA) is 40.2 Å². The average molecular weight is 198 g/mol. The summed E-state index contributed by atoms with van der Waals surface area (Å²) in [5.41, 5.74) is -0.503. The molecule has 0 bridgehead atoms. The summed E-state index contributed by atoms with van der Waals surface area (Å²) >= 11 is 0. The lowest BCUT2D eigenvalue weighted by Crippen LogP contribution is -2.31. The van der Waals surface area contributed by atoms with Crippen LogP contribution in [0.15, 0.2) is 24.0 Å². The molecule has 78 valence electrons. The first kappa shape index (κ1) is 9.71. The van der Waals surface area contributed by atoms with E-state index in [2.05, 4.69) is 0 Å². The summed E-state index contributed by atoms with van der Waals surface area (Å²) < 4.78 is 21.1. The van der Waals surface area contributed by atoms with Crippen LogP contribution in [-0.4, -0.2) is 39.3 Å². The maximum absolute atomic E-state index is 5.58. The van der Waals surface area contributed by atoms with Crippen molar-refractivity contribution < 1.29 is 18.9 Å². The van der Waals surface area contributed by atoms with Gasteiger partial charge in [-0.1, -0.05) is 0 Å². The lowest BCUT2D eigenvalue weighted by Gasteiger charge is -2.17. The van der Waals surface area contributed by atoms with Crippen LogP contribution in [0, 0.1) is 0 Å². The summed E-state index contributed by atoms with van der Waals surface area (Å²) in [6, 6.07) is 0. The lowest BCUT2D eigenvalue weighted by atomic mass is 9.97. The van der Waals surface area contributed by atoms with E-state index in [4.69, 9.17) is 18.9 Å². The van der Waals surface area contributed by atoms with Gasteiger partial charge in [0.15, 0.2) is 5.60 Å². The molecule has 0 amide bonds. The van der Waals surface area contributed by atoms with E-state index in [9.17, 15) is 0 Å². The normalized spacial score (nSPS) is 38.9. The van der Waals surface area contributed by atoms with Gasteiger partial charge in [-0.15, -0.1) is 0 Å². The van der Waals surface area contributed by atoms with Crippen molar-refractivity contribution in [3.8, 4) is 0 Å². The highest BCUT2D eigenvalue weighted by molar-refractivity contribution is 5.39. The van der Waals surface area contributed by atoms with Crippen molar-refractivity contribution in [1.82, 2.24) is 0 Å². The Bertz CT molecular complexity index is 296. The molecule has 1 aliphatic heterocycles. The van der Waals surface area contributed by atoms with Crippen molar-refractivity contribution in [2.75, 3.05) is 27.9 Å². The van der Waals surface area contributed by atoms with E-state index in [0.717, 1.165) is 5.76 Å². The van der Waals surface area contributed by atoms with Gasteiger partial charge in [-0.25, -0.2) is 0 Å². The fourth-order valence-electron chi connectivity index (χ4n) is 1.82. The van der Waals surface area contributed by atoms with Gasteiger partial charge in [0.05, 0.1) is 13.7 Å². The van der Waals surface area contributed by atoms with Crippen molar-refractivity contribution >= 4 is 0 Å². The highest BCUT2D eigenvalue weighted by Crippen LogP contribution is 2.53. The quantitative estimate of drug-likeness (QED) is 0.628. The minimum absolute atomic E-state index is 0.456. The van der Waals surface area contributed by atoms with Crippen LogP contribution in [0.3, 0.4) is 0 Å². The van der Waals surface area contributed by atoms with Gasteiger partial charge in [-0.2, -0.15) is 0 Å². The SMILES string of the molecule is COCC12C=C(OC)C=CC1(OC)O2.